The number of pyridine rings is 2. The summed E-state index contributed by atoms with van der Waals surface area (Å²) in [5, 5.41) is 27.3. The minimum Gasteiger partial charge on any atom is -0.392 e. The van der Waals surface area contributed by atoms with Crippen molar-refractivity contribution in [2.24, 2.45) is 0 Å². The zero-order valence-corrected chi connectivity index (χ0v) is 14.8. The molecule has 0 saturated heterocycles. The van der Waals surface area contributed by atoms with Crippen LogP contribution in [0.4, 0.5) is 10.2 Å². The predicted molar refractivity (Wildman–Crippen MR) is 98.4 cm³/mol. The Balaban J connectivity index is 1.73. The Morgan fingerprint density at radius 2 is 2.04 bits per heavy atom. The molecule has 0 aromatic carbocycles. The van der Waals surface area contributed by atoms with Crippen LogP contribution in [0.25, 0.3) is 22.4 Å². The molecule has 138 valence electrons. The average molecular weight is 367 g/mol. The van der Waals surface area contributed by atoms with Crippen molar-refractivity contribution in [1.82, 2.24) is 30.4 Å². The second-order valence-corrected chi connectivity index (χ2v) is 6.32. The number of aliphatic hydroxyl groups excluding tert-OH is 1. The Morgan fingerprint density at radius 3 is 2.70 bits per heavy atom. The Morgan fingerprint density at radius 1 is 1.19 bits per heavy atom. The van der Waals surface area contributed by atoms with Gasteiger partial charge in [-0.3, -0.25) is 15.2 Å². The summed E-state index contributed by atoms with van der Waals surface area (Å²) < 4.78 is 13.1. The van der Waals surface area contributed by atoms with E-state index >= 15 is 0 Å². The molecule has 1 atom stereocenters. The summed E-state index contributed by atoms with van der Waals surface area (Å²) in [6, 6.07) is 6.41. The number of hydrogen-bond acceptors (Lipinski definition) is 6. The Bertz CT molecular complexity index is 1090. The van der Waals surface area contributed by atoms with E-state index in [1.54, 1.807) is 12.1 Å². The van der Waals surface area contributed by atoms with E-state index in [1.165, 1.54) is 12.3 Å². The van der Waals surface area contributed by atoms with Crippen molar-refractivity contribution in [1.29, 1.82) is 0 Å². The van der Waals surface area contributed by atoms with Gasteiger partial charge in [-0.15, -0.1) is 0 Å². The number of nitrogens with zero attached hydrogens (tertiary/aromatic N) is 4. The van der Waals surface area contributed by atoms with E-state index in [0.717, 1.165) is 5.69 Å². The van der Waals surface area contributed by atoms with Gasteiger partial charge in [0.25, 0.3) is 0 Å². The van der Waals surface area contributed by atoms with Gasteiger partial charge in [-0.05, 0) is 38.1 Å². The van der Waals surface area contributed by atoms with Crippen LogP contribution >= 0.6 is 0 Å². The molecule has 4 heterocycles. The van der Waals surface area contributed by atoms with Gasteiger partial charge in [0.05, 0.1) is 24.5 Å². The van der Waals surface area contributed by atoms with Crippen molar-refractivity contribution < 1.29 is 9.50 Å². The fourth-order valence-electron chi connectivity index (χ4n) is 2.91. The maximum Gasteiger partial charge on any atom is 0.141 e. The van der Waals surface area contributed by atoms with Crippen LogP contribution in [0, 0.1) is 12.7 Å². The summed E-state index contributed by atoms with van der Waals surface area (Å²) in [4.78, 5) is 8.73. The lowest BCUT2D eigenvalue weighted by atomic mass is 10.1. The van der Waals surface area contributed by atoms with Gasteiger partial charge in [0.2, 0.25) is 0 Å². The number of anilines is 1. The van der Waals surface area contributed by atoms with Crippen molar-refractivity contribution in [3.05, 3.63) is 53.2 Å². The minimum atomic E-state index is -0.384. The van der Waals surface area contributed by atoms with Gasteiger partial charge in [-0.25, -0.2) is 9.37 Å². The summed E-state index contributed by atoms with van der Waals surface area (Å²) >= 11 is 0. The summed E-state index contributed by atoms with van der Waals surface area (Å²) in [5.74, 6) is 0.172. The maximum atomic E-state index is 13.1. The third-order valence-electron chi connectivity index (χ3n) is 4.28. The van der Waals surface area contributed by atoms with Gasteiger partial charge < -0.3 is 10.4 Å². The van der Waals surface area contributed by atoms with Crippen LogP contribution in [0.5, 0.6) is 0 Å². The summed E-state index contributed by atoms with van der Waals surface area (Å²) in [5.41, 5.74) is 4.79. The van der Waals surface area contributed by atoms with E-state index in [9.17, 15) is 9.50 Å². The molecule has 27 heavy (non-hydrogen) atoms. The predicted octanol–water partition coefficient (Wildman–Crippen LogP) is 2.86. The molecule has 0 aliphatic heterocycles. The zero-order valence-electron chi connectivity index (χ0n) is 14.8. The number of aromatic nitrogens is 6. The van der Waals surface area contributed by atoms with E-state index in [2.05, 4.69) is 35.7 Å². The van der Waals surface area contributed by atoms with E-state index in [0.29, 0.717) is 39.5 Å². The molecule has 0 saturated carbocycles. The smallest absolute Gasteiger partial charge is 0.141 e. The molecule has 0 radical (unpaired) electrons. The molecule has 4 aromatic rings. The Kier molecular flexibility index (Phi) is 4.28. The number of nitrogens with one attached hydrogen (secondary N) is 3. The van der Waals surface area contributed by atoms with Crippen LogP contribution in [0.15, 0.2) is 30.5 Å². The van der Waals surface area contributed by atoms with Crippen LogP contribution in [0.3, 0.4) is 0 Å². The minimum absolute atomic E-state index is 0.180. The molecule has 0 amide bonds. The normalized spacial score (nSPS) is 12.4. The van der Waals surface area contributed by atoms with Crippen LogP contribution in [0.1, 0.15) is 29.9 Å². The maximum absolute atomic E-state index is 13.1. The molecule has 9 heteroatoms. The van der Waals surface area contributed by atoms with E-state index in [1.807, 2.05) is 19.9 Å². The van der Waals surface area contributed by atoms with Gasteiger partial charge in [0, 0.05) is 11.3 Å². The van der Waals surface area contributed by atoms with E-state index in [-0.39, 0.29) is 18.5 Å². The summed E-state index contributed by atoms with van der Waals surface area (Å²) in [6.07, 6.45) is 1.18. The van der Waals surface area contributed by atoms with Gasteiger partial charge >= 0.3 is 0 Å². The fourth-order valence-corrected chi connectivity index (χ4v) is 2.91. The van der Waals surface area contributed by atoms with Crippen molar-refractivity contribution in [2.45, 2.75) is 26.5 Å². The van der Waals surface area contributed by atoms with Crippen LogP contribution in [0.2, 0.25) is 0 Å². The van der Waals surface area contributed by atoms with Crippen molar-refractivity contribution in [3.8, 4) is 11.4 Å². The Labute approximate surface area is 153 Å². The fraction of sp³-hybridized carbons (Fsp3) is 0.222. The molecular weight excluding hydrogens is 349 g/mol. The van der Waals surface area contributed by atoms with Gasteiger partial charge in [0.1, 0.15) is 34.1 Å². The monoisotopic (exact) mass is 367 g/mol. The molecule has 0 aliphatic rings. The number of aromatic amines is 2. The van der Waals surface area contributed by atoms with Crippen molar-refractivity contribution in [2.75, 3.05) is 5.32 Å². The van der Waals surface area contributed by atoms with E-state index in [4.69, 9.17) is 0 Å². The van der Waals surface area contributed by atoms with Gasteiger partial charge in [0.15, 0.2) is 0 Å². The molecular formula is C18H18FN7O. The van der Waals surface area contributed by atoms with Gasteiger partial charge in [-0.1, -0.05) is 0 Å². The summed E-state index contributed by atoms with van der Waals surface area (Å²) in [6.45, 7) is 3.63. The number of rotatable bonds is 5. The van der Waals surface area contributed by atoms with Crippen LogP contribution in [-0.4, -0.2) is 35.5 Å². The highest BCUT2D eigenvalue weighted by Gasteiger charge is 2.17. The van der Waals surface area contributed by atoms with Gasteiger partial charge in [-0.2, -0.15) is 10.2 Å². The third kappa shape index (κ3) is 3.24. The summed E-state index contributed by atoms with van der Waals surface area (Å²) in [7, 11) is 0. The first-order valence-electron chi connectivity index (χ1n) is 8.44. The lowest BCUT2D eigenvalue weighted by Crippen LogP contribution is -2.10. The third-order valence-corrected chi connectivity index (χ3v) is 4.28. The molecule has 4 aromatic heterocycles. The molecule has 0 bridgehead atoms. The highest BCUT2D eigenvalue weighted by atomic mass is 19.1. The first-order valence-corrected chi connectivity index (χ1v) is 8.44. The average Bonchev–Trinajstić information content (AvgIpc) is 3.27. The molecule has 4 N–H and O–H groups in total. The number of halogens is 1. The molecule has 0 aliphatic carbocycles. The number of H-pyrrole nitrogens is 2. The number of aryl methyl sites for hydroxylation is 1. The topological polar surface area (TPSA) is 115 Å². The van der Waals surface area contributed by atoms with Crippen LogP contribution < -0.4 is 5.32 Å². The second kappa shape index (κ2) is 6.76. The Hall–Kier alpha value is -3.33. The number of aliphatic hydroxyl groups is 1. The standard InChI is InChI=1S/C18H18FN7O/c1-9-5-14(24-23-9)17-18-16(25-26-17)11(8-27)6-15(22-18)21-10(2)13-4-3-12(19)7-20-13/h3-7,10,27H,8H2,1-2H3,(H,21,22)(H,23,24)(H,25,26). The van der Waals surface area contributed by atoms with Crippen molar-refractivity contribution >= 4 is 16.9 Å². The zero-order chi connectivity index (χ0) is 19.0. The van der Waals surface area contributed by atoms with E-state index < -0.39 is 0 Å². The largest absolute Gasteiger partial charge is 0.392 e. The first-order chi connectivity index (χ1) is 13.0. The highest BCUT2D eigenvalue weighted by molar-refractivity contribution is 5.91. The first kappa shape index (κ1) is 17.1. The molecule has 8 nitrogen and oxygen atoms in total. The number of hydrogen-bond donors (Lipinski definition) is 4. The molecule has 1 unspecified atom stereocenters. The van der Waals surface area contributed by atoms with Crippen LogP contribution in [-0.2, 0) is 6.61 Å². The second-order valence-electron chi connectivity index (χ2n) is 6.32. The lowest BCUT2D eigenvalue weighted by molar-refractivity contribution is 0.283. The molecule has 0 fully saturated rings. The lowest BCUT2D eigenvalue weighted by Gasteiger charge is -2.15. The highest BCUT2D eigenvalue weighted by Crippen LogP contribution is 2.29. The quantitative estimate of drug-likeness (QED) is 0.431. The molecule has 4 rings (SSSR count). The number of fused-ring (bicyclic) bond motifs is 1. The molecule has 0 spiro atoms. The van der Waals surface area contributed by atoms with Crippen molar-refractivity contribution in [3.63, 3.8) is 0 Å². The SMILES string of the molecule is Cc1cc(-c2[nH]nc3c(CO)cc(NC(C)c4ccc(F)cn4)nc23)n[nH]1.